The van der Waals surface area contributed by atoms with Crippen LogP contribution in [0.5, 0.6) is 11.5 Å². The van der Waals surface area contributed by atoms with Crippen LogP contribution in [0, 0.1) is 0 Å². The Morgan fingerprint density at radius 1 is 1.50 bits per heavy atom. The number of hydrogen-bond acceptors (Lipinski definition) is 3. The highest BCUT2D eigenvalue weighted by Gasteiger charge is 2.00. The number of nitrogens with one attached hydrogen (secondary N) is 1. The van der Waals surface area contributed by atoms with E-state index in [4.69, 9.17) is 4.74 Å². The lowest BCUT2D eigenvalue weighted by molar-refractivity contribution is 0.373. The van der Waals surface area contributed by atoms with Gasteiger partial charge in [0.1, 0.15) is 0 Å². The van der Waals surface area contributed by atoms with Gasteiger partial charge < -0.3 is 15.2 Å². The third-order valence-electron chi connectivity index (χ3n) is 2.31. The molecular formula is C13H19NO2. The molecule has 88 valence electrons. The van der Waals surface area contributed by atoms with Crippen LogP contribution in [0.15, 0.2) is 24.3 Å². The van der Waals surface area contributed by atoms with E-state index in [1.807, 2.05) is 12.1 Å². The van der Waals surface area contributed by atoms with Gasteiger partial charge in [0.05, 0.1) is 7.11 Å². The molecule has 0 aliphatic heterocycles. The molecule has 0 radical (unpaired) electrons. The zero-order valence-electron chi connectivity index (χ0n) is 10.0. The minimum atomic E-state index is 0.167. The Bertz CT molecular complexity index is 361. The Balaban J connectivity index is 2.71. The van der Waals surface area contributed by atoms with Gasteiger partial charge in [0.25, 0.3) is 0 Å². The number of phenols is 1. The first kappa shape index (κ1) is 12.6. The van der Waals surface area contributed by atoms with E-state index >= 15 is 0 Å². The first-order valence-corrected chi connectivity index (χ1v) is 5.46. The van der Waals surface area contributed by atoms with Crippen LogP contribution >= 0.6 is 0 Å². The van der Waals surface area contributed by atoms with E-state index in [0.717, 1.165) is 12.1 Å². The highest BCUT2D eigenvalue weighted by molar-refractivity contribution is 5.55. The van der Waals surface area contributed by atoms with Gasteiger partial charge in [-0.05, 0) is 31.2 Å². The standard InChI is InChI=1S/C13H19NO2/c1-4-14-10(2)5-6-11-7-8-13(16-3)12(15)9-11/h5-10,14-15H,4H2,1-3H3/b6-5+. The smallest absolute Gasteiger partial charge is 0.160 e. The molecule has 3 nitrogen and oxygen atoms in total. The predicted octanol–water partition coefficient (Wildman–Crippen LogP) is 2.41. The Kier molecular flexibility index (Phi) is 4.86. The van der Waals surface area contributed by atoms with Crippen molar-refractivity contribution in [3.8, 4) is 11.5 Å². The molecule has 0 heterocycles. The fraction of sp³-hybridized carbons (Fsp3) is 0.385. The maximum atomic E-state index is 9.59. The molecule has 3 heteroatoms. The Morgan fingerprint density at radius 3 is 2.81 bits per heavy atom. The molecule has 0 aromatic heterocycles. The minimum Gasteiger partial charge on any atom is -0.504 e. The van der Waals surface area contributed by atoms with Crippen molar-refractivity contribution in [2.75, 3.05) is 13.7 Å². The number of methoxy groups -OCH3 is 1. The Labute approximate surface area is 96.8 Å². The van der Waals surface area contributed by atoms with E-state index in [-0.39, 0.29) is 5.75 Å². The van der Waals surface area contributed by atoms with Crippen molar-refractivity contribution in [2.24, 2.45) is 0 Å². The first-order valence-electron chi connectivity index (χ1n) is 5.46. The van der Waals surface area contributed by atoms with Gasteiger partial charge in [0.2, 0.25) is 0 Å². The summed E-state index contributed by atoms with van der Waals surface area (Å²) in [5, 5.41) is 12.9. The van der Waals surface area contributed by atoms with E-state index in [1.165, 1.54) is 7.11 Å². The molecule has 0 aliphatic rings. The highest BCUT2D eigenvalue weighted by Crippen LogP contribution is 2.26. The fourth-order valence-corrected chi connectivity index (χ4v) is 1.46. The van der Waals surface area contributed by atoms with Crippen molar-refractivity contribution in [3.05, 3.63) is 29.8 Å². The van der Waals surface area contributed by atoms with Crippen LogP contribution in [0.25, 0.3) is 6.08 Å². The predicted molar refractivity (Wildman–Crippen MR) is 66.8 cm³/mol. The summed E-state index contributed by atoms with van der Waals surface area (Å²) in [6.45, 7) is 5.10. The lowest BCUT2D eigenvalue weighted by Gasteiger charge is -2.06. The number of benzene rings is 1. The quantitative estimate of drug-likeness (QED) is 0.802. The number of hydrogen-bond donors (Lipinski definition) is 2. The van der Waals surface area contributed by atoms with Crippen molar-refractivity contribution in [1.82, 2.24) is 5.32 Å². The molecule has 1 aromatic carbocycles. The van der Waals surface area contributed by atoms with Crippen LogP contribution in [0.2, 0.25) is 0 Å². The molecule has 0 saturated heterocycles. The van der Waals surface area contributed by atoms with Gasteiger partial charge in [0.15, 0.2) is 11.5 Å². The van der Waals surface area contributed by atoms with Crippen LogP contribution in [-0.4, -0.2) is 24.8 Å². The summed E-state index contributed by atoms with van der Waals surface area (Å²) in [6.07, 6.45) is 4.04. The number of likely N-dealkylation sites (N-methyl/N-ethyl adjacent to an activating group) is 1. The number of ether oxygens (including phenoxy) is 1. The molecule has 0 bridgehead atoms. The van der Waals surface area contributed by atoms with Gasteiger partial charge in [0, 0.05) is 6.04 Å². The van der Waals surface area contributed by atoms with Crippen LogP contribution in [0.1, 0.15) is 19.4 Å². The molecule has 2 N–H and O–H groups in total. The zero-order chi connectivity index (χ0) is 12.0. The SMILES string of the molecule is CCNC(C)/C=C/c1ccc(OC)c(O)c1. The number of phenolic OH excluding ortho intramolecular Hbond substituents is 1. The second kappa shape index (κ2) is 6.18. The van der Waals surface area contributed by atoms with Crippen LogP contribution in [0.3, 0.4) is 0 Å². The largest absolute Gasteiger partial charge is 0.504 e. The van der Waals surface area contributed by atoms with Gasteiger partial charge in [-0.3, -0.25) is 0 Å². The molecule has 0 saturated carbocycles. The van der Waals surface area contributed by atoms with Gasteiger partial charge in [-0.2, -0.15) is 0 Å². The molecule has 1 unspecified atom stereocenters. The second-order valence-electron chi connectivity index (χ2n) is 3.64. The summed E-state index contributed by atoms with van der Waals surface area (Å²) in [5.74, 6) is 0.664. The third kappa shape index (κ3) is 3.59. The normalized spacial score (nSPS) is 12.9. The second-order valence-corrected chi connectivity index (χ2v) is 3.64. The topological polar surface area (TPSA) is 41.5 Å². The summed E-state index contributed by atoms with van der Waals surface area (Å²) in [6, 6.07) is 5.68. The molecule has 0 fully saturated rings. The van der Waals surface area contributed by atoms with E-state index in [2.05, 4.69) is 25.2 Å². The molecule has 0 spiro atoms. The van der Waals surface area contributed by atoms with Crippen LogP contribution < -0.4 is 10.1 Å². The monoisotopic (exact) mass is 221 g/mol. The molecule has 1 rings (SSSR count). The summed E-state index contributed by atoms with van der Waals surface area (Å²) in [4.78, 5) is 0. The van der Waals surface area contributed by atoms with Crippen LogP contribution in [-0.2, 0) is 0 Å². The van der Waals surface area contributed by atoms with Gasteiger partial charge >= 0.3 is 0 Å². The lowest BCUT2D eigenvalue weighted by atomic mass is 10.1. The maximum absolute atomic E-state index is 9.59. The molecule has 16 heavy (non-hydrogen) atoms. The van der Waals surface area contributed by atoms with E-state index in [9.17, 15) is 5.11 Å². The van der Waals surface area contributed by atoms with E-state index in [0.29, 0.717) is 11.8 Å². The maximum Gasteiger partial charge on any atom is 0.160 e. The van der Waals surface area contributed by atoms with Crippen molar-refractivity contribution < 1.29 is 9.84 Å². The van der Waals surface area contributed by atoms with Gasteiger partial charge in [-0.15, -0.1) is 0 Å². The average molecular weight is 221 g/mol. The highest BCUT2D eigenvalue weighted by atomic mass is 16.5. The Hall–Kier alpha value is -1.48. The summed E-state index contributed by atoms with van der Waals surface area (Å²) >= 11 is 0. The van der Waals surface area contributed by atoms with Crippen LogP contribution in [0.4, 0.5) is 0 Å². The molecule has 0 aliphatic carbocycles. The zero-order valence-corrected chi connectivity index (χ0v) is 10.0. The van der Waals surface area contributed by atoms with Crippen molar-refractivity contribution in [2.45, 2.75) is 19.9 Å². The van der Waals surface area contributed by atoms with Crippen molar-refractivity contribution in [3.63, 3.8) is 0 Å². The van der Waals surface area contributed by atoms with Gasteiger partial charge in [-0.25, -0.2) is 0 Å². The lowest BCUT2D eigenvalue weighted by Crippen LogP contribution is -2.22. The van der Waals surface area contributed by atoms with Crippen molar-refractivity contribution >= 4 is 6.08 Å². The van der Waals surface area contributed by atoms with E-state index in [1.54, 1.807) is 12.1 Å². The third-order valence-corrected chi connectivity index (χ3v) is 2.31. The summed E-state index contributed by atoms with van der Waals surface area (Å²) in [5.41, 5.74) is 0.961. The summed E-state index contributed by atoms with van der Waals surface area (Å²) < 4.78 is 4.98. The number of rotatable bonds is 5. The minimum absolute atomic E-state index is 0.167. The fourth-order valence-electron chi connectivity index (χ4n) is 1.46. The van der Waals surface area contributed by atoms with Gasteiger partial charge in [-0.1, -0.05) is 25.1 Å². The average Bonchev–Trinajstić information content (AvgIpc) is 2.27. The first-order chi connectivity index (χ1) is 7.67. The molecule has 0 amide bonds. The Morgan fingerprint density at radius 2 is 2.25 bits per heavy atom. The van der Waals surface area contributed by atoms with Crippen molar-refractivity contribution in [1.29, 1.82) is 0 Å². The summed E-state index contributed by atoms with van der Waals surface area (Å²) in [7, 11) is 1.54. The number of aromatic hydroxyl groups is 1. The van der Waals surface area contributed by atoms with E-state index < -0.39 is 0 Å². The molecular weight excluding hydrogens is 202 g/mol. The molecule has 1 atom stereocenters. The molecule has 1 aromatic rings.